The number of fused-ring (bicyclic) bond motifs is 3. The van der Waals surface area contributed by atoms with Gasteiger partial charge in [0.1, 0.15) is 0 Å². The van der Waals surface area contributed by atoms with Crippen LogP contribution in [0.15, 0.2) is 84.5 Å². The third-order valence-corrected chi connectivity index (χ3v) is 12.7. The molecule has 0 aliphatic heterocycles. The molecule has 6 rings (SSSR count). The predicted molar refractivity (Wildman–Crippen MR) is 244 cm³/mol. The minimum atomic E-state index is -4.49. The van der Waals surface area contributed by atoms with Gasteiger partial charge in [-0.1, -0.05) is 152 Å². The van der Waals surface area contributed by atoms with Crippen LogP contribution >= 0.6 is 0 Å². The molecule has 4 aromatic rings. The van der Waals surface area contributed by atoms with E-state index < -0.39 is 23.5 Å². The van der Waals surface area contributed by atoms with Crippen molar-refractivity contribution in [3.8, 4) is 11.1 Å². The van der Waals surface area contributed by atoms with Gasteiger partial charge in [0.2, 0.25) is 0 Å². The molecule has 1 atom stereocenters. The molecule has 0 nitrogen and oxygen atoms in total. The van der Waals surface area contributed by atoms with Crippen LogP contribution < -0.4 is 24.8 Å². The maximum absolute atomic E-state index is 12.7. The largest absolute Gasteiger partial charge is 1.00 e. The van der Waals surface area contributed by atoms with Crippen LogP contribution in [0.1, 0.15) is 173 Å². The second-order valence-corrected chi connectivity index (χ2v) is 23.1. The van der Waals surface area contributed by atoms with Gasteiger partial charge in [-0.2, -0.15) is 29.3 Å². The van der Waals surface area contributed by atoms with Crippen molar-refractivity contribution in [3.05, 3.63) is 152 Å². The molecule has 9 heteroatoms. The number of benzene rings is 4. The maximum Gasteiger partial charge on any atom is -1.00 e. The molecule has 64 heavy (non-hydrogen) atoms. The Hall–Kier alpha value is -2.73. The second kappa shape index (κ2) is 20.6. The van der Waals surface area contributed by atoms with Gasteiger partial charge in [-0.05, 0) is 39.4 Å². The molecule has 0 saturated carbocycles. The van der Waals surface area contributed by atoms with Gasteiger partial charge >= 0.3 is 137 Å². The van der Waals surface area contributed by atoms with Gasteiger partial charge in [-0.15, -0.1) is 16.7 Å². The summed E-state index contributed by atoms with van der Waals surface area (Å²) in [6.45, 7) is 36.9. The van der Waals surface area contributed by atoms with E-state index in [1.807, 2.05) is 0 Å². The molecule has 0 bridgehead atoms. The molecular formula is C55H66Cl2F6Zr-2. The summed E-state index contributed by atoms with van der Waals surface area (Å²) in [5.41, 5.74) is 12.6. The summed E-state index contributed by atoms with van der Waals surface area (Å²) in [5, 5.41) is 0. The van der Waals surface area contributed by atoms with Gasteiger partial charge in [0, 0.05) is 0 Å². The third kappa shape index (κ3) is 14.4. The Balaban J connectivity index is 0.000000356. The molecule has 0 radical (unpaired) electrons. The van der Waals surface area contributed by atoms with Crippen molar-refractivity contribution < 1.29 is 75.4 Å². The van der Waals surface area contributed by atoms with Gasteiger partial charge < -0.3 is 24.8 Å². The van der Waals surface area contributed by atoms with Crippen molar-refractivity contribution in [1.29, 1.82) is 0 Å². The molecule has 0 aromatic heterocycles. The molecule has 4 aromatic carbocycles. The Labute approximate surface area is 408 Å². The molecule has 0 fully saturated rings. The zero-order valence-corrected chi connectivity index (χ0v) is 44.5. The Kier molecular flexibility index (Phi) is 18.5. The van der Waals surface area contributed by atoms with Crippen LogP contribution in [0.5, 0.6) is 0 Å². The first-order valence-corrected chi connectivity index (χ1v) is 22.8. The van der Waals surface area contributed by atoms with Gasteiger partial charge in [0.15, 0.2) is 0 Å². The summed E-state index contributed by atoms with van der Waals surface area (Å²) in [5.74, 6) is 0.573. The molecular weight excluding hydrogens is 937 g/mol. The van der Waals surface area contributed by atoms with Gasteiger partial charge in [0.25, 0.3) is 0 Å². The fourth-order valence-corrected chi connectivity index (χ4v) is 8.47. The van der Waals surface area contributed by atoms with Crippen LogP contribution in [-0.2, 0) is 64.7 Å². The fourth-order valence-electron chi connectivity index (χ4n) is 7.71. The number of halogens is 8. The topological polar surface area (TPSA) is 0 Å². The van der Waals surface area contributed by atoms with E-state index >= 15 is 0 Å². The van der Waals surface area contributed by atoms with Crippen molar-refractivity contribution >= 4 is 3.21 Å². The van der Waals surface area contributed by atoms with Crippen LogP contribution in [0.3, 0.4) is 0 Å². The van der Waals surface area contributed by atoms with E-state index in [1.54, 1.807) is 0 Å². The zero-order chi connectivity index (χ0) is 47.2. The number of hydrogen-bond acceptors (Lipinski definition) is 0. The average Bonchev–Trinajstić information content (AvgIpc) is 3.77. The number of alkyl halides is 6. The summed E-state index contributed by atoms with van der Waals surface area (Å²) >= 11 is 0.729. The summed E-state index contributed by atoms with van der Waals surface area (Å²) in [4.78, 5) is 0. The SMILES string of the molecule is CC(C)(C)c1[c-]c2c(cc1C(C)(C)C)-c1cc(C(C)(C)C)c(C(C)(C)C)cc1C2.CCC1[C-]=CC(C(C)(C)C)=C1.FC(F)(F)c1cccc([C](=[Zr+2])c2cccc(C(F)(F)F)c2)c1.[Cl-].[Cl-]. The molecule has 0 N–H and O–H groups in total. The summed E-state index contributed by atoms with van der Waals surface area (Å²) in [6.07, 6.45) is 1.04. The quantitative estimate of drug-likeness (QED) is 0.125. The maximum atomic E-state index is 12.7. The fraction of sp³-hybridized carbons (Fsp3) is 0.473. The Morgan fingerprint density at radius 1 is 0.578 bits per heavy atom. The first kappa shape index (κ1) is 57.4. The molecule has 0 saturated heterocycles. The van der Waals surface area contributed by atoms with Crippen molar-refractivity contribution in [2.24, 2.45) is 11.3 Å². The van der Waals surface area contributed by atoms with E-state index in [9.17, 15) is 26.3 Å². The number of allylic oxidation sites excluding steroid dienone is 4. The van der Waals surface area contributed by atoms with Crippen LogP contribution in [0, 0.1) is 23.5 Å². The molecule has 0 spiro atoms. The summed E-state index contributed by atoms with van der Waals surface area (Å²) in [7, 11) is 0. The minimum Gasteiger partial charge on any atom is -1.00 e. The van der Waals surface area contributed by atoms with E-state index in [0.717, 1.165) is 54.9 Å². The predicted octanol–water partition coefficient (Wildman–Crippen LogP) is 10.5. The normalized spacial score (nSPS) is 15.1. The Morgan fingerprint density at radius 2 is 1.02 bits per heavy atom. The minimum absolute atomic E-state index is 0. The number of hydrogen-bond donors (Lipinski definition) is 0. The molecule has 2 aliphatic carbocycles. The van der Waals surface area contributed by atoms with Crippen LogP contribution in [0.4, 0.5) is 26.3 Å². The van der Waals surface area contributed by atoms with Crippen LogP contribution in [0.2, 0.25) is 0 Å². The molecule has 1 unspecified atom stereocenters. The Bertz CT molecular complexity index is 2190. The van der Waals surface area contributed by atoms with Crippen LogP contribution in [-0.4, -0.2) is 3.21 Å². The second-order valence-electron chi connectivity index (χ2n) is 21.9. The molecule has 2 aliphatic rings. The monoisotopic (exact) mass is 1000 g/mol. The summed E-state index contributed by atoms with van der Waals surface area (Å²) in [6, 6.07) is 20.6. The van der Waals surface area contributed by atoms with E-state index in [-0.39, 0.29) is 57.6 Å². The average molecular weight is 1000 g/mol. The van der Waals surface area contributed by atoms with E-state index in [0.29, 0.717) is 14.5 Å². The standard InChI is InChI=1S/C29H41.C15H8F6.C11H17.2ClH.Zr/c1-26(2,3)22-14-18-13-19-15-23(27(4,5)6)25(29(10,11)12)17-21(19)20(18)16-24(22)28(7,8)9;16-14(17,18)12-5-1-3-10(8-12)7-11-4-2-6-13(9-11)15(19,20)21;1-5-9-6-7-10(8-9)11(2,3)4;;;/h14,16-17H,13H2,1-12H3;1-6,8-9H;7-9H,5H2,1-4H3;2*1H;/q-1;;-1;;;+2/p-2. The van der Waals surface area contributed by atoms with Gasteiger partial charge in [-0.3, -0.25) is 6.08 Å². The summed E-state index contributed by atoms with van der Waals surface area (Å²) < 4.78 is 76.7. The zero-order valence-electron chi connectivity index (χ0n) is 40.5. The van der Waals surface area contributed by atoms with Gasteiger partial charge in [-0.25, -0.2) is 6.08 Å². The van der Waals surface area contributed by atoms with Crippen molar-refractivity contribution in [2.75, 3.05) is 0 Å². The molecule has 348 valence electrons. The third-order valence-electron chi connectivity index (χ3n) is 11.3. The van der Waals surface area contributed by atoms with Crippen LogP contribution in [0.25, 0.3) is 11.1 Å². The number of rotatable bonds is 3. The Morgan fingerprint density at radius 3 is 1.38 bits per heavy atom. The first-order chi connectivity index (χ1) is 28.0. The molecule has 0 amide bonds. The molecule has 0 heterocycles. The van der Waals surface area contributed by atoms with E-state index in [1.165, 1.54) is 80.8 Å². The van der Waals surface area contributed by atoms with Gasteiger partial charge in [0.05, 0.1) is 0 Å². The smallest absolute Gasteiger partial charge is 1.00 e. The van der Waals surface area contributed by atoms with Crippen molar-refractivity contribution in [2.45, 2.75) is 158 Å². The van der Waals surface area contributed by atoms with E-state index in [2.05, 4.69) is 153 Å². The van der Waals surface area contributed by atoms with Crippen molar-refractivity contribution in [1.82, 2.24) is 0 Å². The first-order valence-electron chi connectivity index (χ1n) is 21.6. The van der Waals surface area contributed by atoms with E-state index in [4.69, 9.17) is 0 Å². The van der Waals surface area contributed by atoms with Crippen molar-refractivity contribution in [3.63, 3.8) is 0 Å².